The summed E-state index contributed by atoms with van der Waals surface area (Å²) >= 11 is 0. The van der Waals surface area contributed by atoms with Gasteiger partial charge in [0.2, 0.25) is 0 Å². The van der Waals surface area contributed by atoms with Gasteiger partial charge in [0.05, 0.1) is 5.52 Å². The molecule has 0 saturated heterocycles. The van der Waals surface area contributed by atoms with Crippen LogP contribution in [-0.2, 0) is 7.05 Å². The molecule has 0 unspecified atom stereocenters. The first-order chi connectivity index (χ1) is 6.11. The van der Waals surface area contributed by atoms with E-state index in [0.29, 0.717) is 5.58 Å². The van der Waals surface area contributed by atoms with Gasteiger partial charge in [0.25, 0.3) is 0 Å². The predicted octanol–water partition coefficient (Wildman–Crippen LogP) is 1.75. The molecule has 0 fully saturated rings. The molecule has 2 rings (SSSR count). The number of nitrogens with zero attached hydrogens (tertiary/aromatic N) is 1. The molecule has 0 spiro atoms. The molecule has 1 aromatic carbocycles. The zero-order chi connectivity index (χ0) is 9.59. The van der Waals surface area contributed by atoms with Crippen molar-refractivity contribution in [3.63, 3.8) is 0 Å². The third-order valence-corrected chi connectivity index (χ3v) is 2.33. The van der Waals surface area contributed by atoms with Crippen molar-refractivity contribution >= 4 is 11.1 Å². The van der Waals surface area contributed by atoms with Crippen LogP contribution in [0.2, 0.25) is 0 Å². The number of aryl methyl sites for hydroxylation is 3. The van der Waals surface area contributed by atoms with E-state index in [1.165, 1.54) is 4.57 Å². The second kappa shape index (κ2) is 2.49. The summed E-state index contributed by atoms with van der Waals surface area (Å²) in [4.78, 5) is 11.2. The van der Waals surface area contributed by atoms with Gasteiger partial charge in [0, 0.05) is 7.05 Å². The minimum Gasteiger partial charge on any atom is -0.407 e. The SMILES string of the molecule is Cc1ccc(C)c2c1oc(=O)n2C. The van der Waals surface area contributed by atoms with Crippen molar-refractivity contribution in [2.24, 2.45) is 7.05 Å². The van der Waals surface area contributed by atoms with Gasteiger partial charge in [0.1, 0.15) is 0 Å². The Morgan fingerprint density at radius 1 is 1.23 bits per heavy atom. The van der Waals surface area contributed by atoms with E-state index in [0.717, 1.165) is 16.6 Å². The molecule has 0 N–H and O–H groups in total. The fraction of sp³-hybridized carbons (Fsp3) is 0.300. The second-order valence-electron chi connectivity index (χ2n) is 3.30. The molecule has 0 saturated carbocycles. The van der Waals surface area contributed by atoms with E-state index in [2.05, 4.69) is 0 Å². The van der Waals surface area contributed by atoms with Gasteiger partial charge in [-0.2, -0.15) is 0 Å². The number of hydrogen-bond acceptors (Lipinski definition) is 2. The van der Waals surface area contributed by atoms with E-state index >= 15 is 0 Å². The van der Waals surface area contributed by atoms with Crippen LogP contribution in [0.5, 0.6) is 0 Å². The summed E-state index contributed by atoms with van der Waals surface area (Å²) in [6, 6.07) is 3.95. The molecule has 0 amide bonds. The second-order valence-corrected chi connectivity index (χ2v) is 3.30. The Morgan fingerprint density at radius 2 is 1.85 bits per heavy atom. The van der Waals surface area contributed by atoms with Gasteiger partial charge in [-0.25, -0.2) is 4.79 Å². The molecule has 0 atom stereocenters. The average molecular weight is 177 g/mol. The molecule has 1 aromatic heterocycles. The summed E-state index contributed by atoms with van der Waals surface area (Å²) < 4.78 is 6.66. The normalized spacial score (nSPS) is 11.0. The number of oxazole rings is 1. The predicted molar refractivity (Wildman–Crippen MR) is 50.9 cm³/mol. The van der Waals surface area contributed by atoms with Crippen LogP contribution in [0.25, 0.3) is 11.1 Å². The van der Waals surface area contributed by atoms with Crippen molar-refractivity contribution in [2.75, 3.05) is 0 Å². The summed E-state index contributed by atoms with van der Waals surface area (Å²) in [5.74, 6) is -0.299. The summed E-state index contributed by atoms with van der Waals surface area (Å²) in [5, 5.41) is 0. The molecule has 68 valence electrons. The molecule has 0 radical (unpaired) electrons. The van der Waals surface area contributed by atoms with E-state index in [4.69, 9.17) is 4.42 Å². The highest BCUT2D eigenvalue weighted by atomic mass is 16.4. The van der Waals surface area contributed by atoms with Gasteiger partial charge in [-0.1, -0.05) is 12.1 Å². The summed E-state index contributed by atoms with van der Waals surface area (Å²) in [5.41, 5.74) is 3.66. The maximum Gasteiger partial charge on any atom is 0.419 e. The molecule has 0 bridgehead atoms. The minimum absolute atomic E-state index is 0.299. The Balaban J connectivity index is 3.09. The quantitative estimate of drug-likeness (QED) is 0.614. The van der Waals surface area contributed by atoms with Crippen molar-refractivity contribution in [1.29, 1.82) is 0 Å². The van der Waals surface area contributed by atoms with Crippen LogP contribution in [0, 0.1) is 13.8 Å². The molecule has 1 heterocycles. The fourth-order valence-electron chi connectivity index (χ4n) is 1.56. The highest BCUT2D eigenvalue weighted by Gasteiger charge is 2.09. The lowest BCUT2D eigenvalue weighted by molar-refractivity contribution is 0.526. The monoisotopic (exact) mass is 177 g/mol. The first kappa shape index (κ1) is 8.10. The van der Waals surface area contributed by atoms with E-state index in [9.17, 15) is 4.79 Å². The number of hydrogen-bond donors (Lipinski definition) is 0. The number of fused-ring (bicyclic) bond motifs is 1. The minimum atomic E-state index is -0.299. The number of benzene rings is 1. The van der Waals surface area contributed by atoms with Crippen molar-refractivity contribution in [3.8, 4) is 0 Å². The van der Waals surface area contributed by atoms with E-state index in [1.807, 2.05) is 26.0 Å². The molecule has 0 aliphatic rings. The van der Waals surface area contributed by atoms with E-state index in [1.54, 1.807) is 7.05 Å². The average Bonchev–Trinajstić information content (AvgIpc) is 2.38. The Morgan fingerprint density at radius 3 is 2.46 bits per heavy atom. The van der Waals surface area contributed by atoms with Crippen LogP contribution in [0.3, 0.4) is 0 Å². The Hall–Kier alpha value is -1.51. The molecule has 0 aliphatic heterocycles. The number of aromatic nitrogens is 1. The van der Waals surface area contributed by atoms with E-state index in [-0.39, 0.29) is 5.76 Å². The van der Waals surface area contributed by atoms with Gasteiger partial charge in [0.15, 0.2) is 5.58 Å². The fourth-order valence-corrected chi connectivity index (χ4v) is 1.56. The van der Waals surface area contributed by atoms with Gasteiger partial charge < -0.3 is 4.42 Å². The Labute approximate surface area is 75.6 Å². The summed E-state index contributed by atoms with van der Waals surface area (Å²) in [6.45, 7) is 3.90. The molecular formula is C10H11NO2. The van der Waals surface area contributed by atoms with Crippen LogP contribution in [0.1, 0.15) is 11.1 Å². The molecule has 0 aliphatic carbocycles. The third-order valence-electron chi connectivity index (χ3n) is 2.33. The summed E-state index contributed by atoms with van der Waals surface area (Å²) in [7, 11) is 1.72. The van der Waals surface area contributed by atoms with Crippen molar-refractivity contribution in [1.82, 2.24) is 4.57 Å². The maximum atomic E-state index is 11.2. The molecule has 3 heteroatoms. The van der Waals surface area contributed by atoms with E-state index < -0.39 is 0 Å². The standard InChI is InChI=1S/C10H11NO2/c1-6-4-5-7(2)9-8(6)11(3)10(12)13-9/h4-5H,1-3H3. The van der Waals surface area contributed by atoms with Gasteiger partial charge in [-0.05, 0) is 25.0 Å². The first-order valence-corrected chi connectivity index (χ1v) is 4.17. The van der Waals surface area contributed by atoms with Gasteiger partial charge >= 0.3 is 5.76 Å². The van der Waals surface area contributed by atoms with Crippen LogP contribution in [-0.4, -0.2) is 4.57 Å². The van der Waals surface area contributed by atoms with Crippen LogP contribution < -0.4 is 5.76 Å². The molecule has 2 aromatic rings. The van der Waals surface area contributed by atoms with Crippen molar-refractivity contribution in [3.05, 3.63) is 33.8 Å². The number of rotatable bonds is 0. The maximum absolute atomic E-state index is 11.2. The highest BCUT2D eigenvalue weighted by Crippen LogP contribution is 2.19. The van der Waals surface area contributed by atoms with Gasteiger partial charge in [-0.15, -0.1) is 0 Å². The van der Waals surface area contributed by atoms with Crippen LogP contribution in [0.4, 0.5) is 0 Å². The molecule has 3 nitrogen and oxygen atoms in total. The molecular weight excluding hydrogens is 166 g/mol. The zero-order valence-corrected chi connectivity index (χ0v) is 7.92. The Kier molecular flexibility index (Phi) is 1.55. The lowest BCUT2D eigenvalue weighted by Gasteiger charge is -1.98. The van der Waals surface area contributed by atoms with Crippen molar-refractivity contribution < 1.29 is 4.42 Å². The largest absolute Gasteiger partial charge is 0.419 e. The lowest BCUT2D eigenvalue weighted by atomic mass is 10.1. The van der Waals surface area contributed by atoms with Gasteiger partial charge in [-0.3, -0.25) is 4.57 Å². The summed E-state index contributed by atoms with van der Waals surface area (Å²) in [6.07, 6.45) is 0. The van der Waals surface area contributed by atoms with Crippen LogP contribution >= 0.6 is 0 Å². The Bertz CT molecular complexity index is 519. The first-order valence-electron chi connectivity index (χ1n) is 4.17. The highest BCUT2D eigenvalue weighted by molar-refractivity contribution is 5.79. The topological polar surface area (TPSA) is 35.1 Å². The van der Waals surface area contributed by atoms with Crippen LogP contribution in [0.15, 0.2) is 21.3 Å². The zero-order valence-electron chi connectivity index (χ0n) is 7.92. The van der Waals surface area contributed by atoms with Crippen molar-refractivity contribution in [2.45, 2.75) is 13.8 Å². The smallest absolute Gasteiger partial charge is 0.407 e. The third kappa shape index (κ3) is 1.00. The lowest BCUT2D eigenvalue weighted by Crippen LogP contribution is -2.08. The molecule has 13 heavy (non-hydrogen) atoms.